The van der Waals surface area contributed by atoms with Crippen molar-refractivity contribution in [2.75, 3.05) is 6.54 Å². The molecule has 2 heterocycles. The van der Waals surface area contributed by atoms with E-state index in [9.17, 15) is 0 Å². The molecule has 0 saturated carbocycles. The molecule has 17 heavy (non-hydrogen) atoms. The van der Waals surface area contributed by atoms with Gasteiger partial charge < -0.3 is 10.1 Å². The number of hydrogen-bond acceptors (Lipinski definition) is 3. The molecule has 3 atom stereocenters. The van der Waals surface area contributed by atoms with Gasteiger partial charge in [-0.15, -0.1) is 11.3 Å². The van der Waals surface area contributed by atoms with E-state index in [2.05, 4.69) is 46.5 Å². The molecule has 1 aromatic heterocycles. The maximum atomic E-state index is 5.99. The van der Waals surface area contributed by atoms with Crippen LogP contribution in [-0.2, 0) is 11.2 Å². The van der Waals surface area contributed by atoms with E-state index in [1.807, 2.05) is 11.3 Å². The number of likely N-dealkylation sites (N-methyl/N-ethyl adjacent to an activating group) is 1. The lowest BCUT2D eigenvalue weighted by Gasteiger charge is -2.24. The van der Waals surface area contributed by atoms with Crippen LogP contribution in [-0.4, -0.2) is 24.8 Å². The largest absolute Gasteiger partial charge is 0.374 e. The normalized spacial score (nSPS) is 26.3. The van der Waals surface area contributed by atoms with Gasteiger partial charge in [0.2, 0.25) is 0 Å². The van der Waals surface area contributed by atoms with E-state index >= 15 is 0 Å². The molecule has 1 fully saturated rings. The molecular weight excluding hydrogens is 298 g/mol. The molecule has 0 spiro atoms. The van der Waals surface area contributed by atoms with Crippen molar-refractivity contribution in [1.29, 1.82) is 0 Å². The first-order chi connectivity index (χ1) is 8.19. The summed E-state index contributed by atoms with van der Waals surface area (Å²) in [5, 5.41) is 5.72. The summed E-state index contributed by atoms with van der Waals surface area (Å²) in [7, 11) is 0. The predicted octanol–water partition coefficient (Wildman–Crippen LogP) is 3.60. The molecule has 0 bridgehead atoms. The molecule has 0 amide bonds. The SMILES string of the molecule is CCNC(Cc1cc(Br)cs1)C1CCC(C)O1. The molecule has 1 aromatic rings. The maximum Gasteiger partial charge on any atom is 0.0736 e. The lowest BCUT2D eigenvalue weighted by Crippen LogP contribution is -2.41. The standard InChI is InChI=1S/C13H20BrNOS/c1-3-15-12(13-5-4-9(2)16-13)7-11-6-10(14)8-17-11/h6,8-9,12-13,15H,3-5,7H2,1-2H3. The summed E-state index contributed by atoms with van der Waals surface area (Å²) >= 11 is 5.33. The van der Waals surface area contributed by atoms with E-state index < -0.39 is 0 Å². The molecule has 96 valence electrons. The van der Waals surface area contributed by atoms with E-state index in [1.54, 1.807) is 0 Å². The summed E-state index contributed by atoms with van der Waals surface area (Å²) < 4.78 is 7.17. The molecule has 1 N–H and O–H groups in total. The Balaban J connectivity index is 1.97. The van der Waals surface area contributed by atoms with Crippen LogP contribution in [0.1, 0.15) is 31.6 Å². The van der Waals surface area contributed by atoms with Gasteiger partial charge in [-0.1, -0.05) is 6.92 Å². The predicted molar refractivity (Wildman–Crippen MR) is 76.8 cm³/mol. The van der Waals surface area contributed by atoms with Gasteiger partial charge in [0.05, 0.1) is 12.2 Å². The second kappa shape index (κ2) is 6.32. The van der Waals surface area contributed by atoms with Gasteiger partial charge in [0.25, 0.3) is 0 Å². The zero-order valence-electron chi connectivity index (χ0n) is 10.4. The van der Waals surface area contributed by atoms with Crippen LogP contribution < -0.4 is 5.32 Å². The van der Waals surface area contributed by atoms with E-state index in [1.165, 1.54) is 22.2 Å². The number of nitrogens with one attached hydrogen (secondary N) is 1. The van der Waals surface area contributed by atoms with Crippen molar-refractivity contribution < 1.29 is 4.74 Å². The van der Waals surface area contributed by atoms with Crippen LogP contribution >= 0.6 is 27.3 Å². The van der Waals surface area contributed by atoms with Gasteiger partial charge in [0.1, 0.15) is 0 Å². The Bertz CT molecular complexity index is 355. The third kappa shape index (κ3) is 3.78. The number of rotatable bonds is 5. The zero-order chi connectivity index (χ0) is 12.3. The maximum absolute atomic E-state index is 5.99. The monoisotopic (exact) mass is 317 g/mol. The summed E-state index contributed by atoms with van der Waals surface area (Å²) in [6.07, 6.45) is 4.26. The van der Waals surface area contributed by atoms with Crippen molar-refractivity contribution in [3.05, 3.63) is 20.8 Å². The van der Waals surface area contributed by atoms with Crippen LogP contribution in [0.25, 0.3) is 0 Å². The van der Waals surface area contributed by atoms with Gasteiger partial charge in [0.15, 0.2) is 0 Å². The molecule has 1 saturated heterocycles. The van der Waals surface area contributed by atoms with Crippen LogP contribution in [0.5, 0.6) is 0 Å². The molecule has 2 nitrogen and oxygen atoms in total. The first-order valence-electron chi connectivity index (χ1n) is 6.30. The summed E-state index contributed by atoms with van der Waals surface area (Å²) in [5.41, 5.74) is 0. The molecule has 0 radical (unpaired) electrons. The van der Waals surface area contributed by atoms with Crippen LogP contribution in [0.2, 0.25) is 0 Å². The van der Waals surface area contributed by atoms with Gasteiger partial charge >= 0.3 is 0 Å². The Morgan fingerprint density at radius 3 is 2.94 bits per heavy atom. The number of thiophene rings is 1. The molecule has 0 aromatic carbocycles. The van der Waals surface area contributed by atoms with Gasteiger partial charge in [0, 0.05) is 20.8 Å². The smallest absolute Gasteiger partial charge is 0.0736 e. The van der Waals surface area contributed by atoms with Crippen LogP contribution in [0, 0.1) is 0 Å². The highest BCUT2D eigenvalue weighted by Gasteiger charge is 2.29. The quantitative estimate of drug-likeness (QED) is 0.896. The molecular formula is C13H20BrNOS. The highest BCUT2D eigenvalue weighted by molar-refractivity contribution is 9.10. The second-order valence-electron chi connectivity index (χ2n) is 4.66. The Morgan fingerprint density at radius 2 is 2.41 bits per heavy atom. The van der Waals surface area contributed by atoms with Crippen molar-refractivity contribution in [2.45, 2.75) is 51.4 Å². The fourth-order valence-electron chi connectivity index (χ4n) is 2.40. The molecule has 0 aliphatic carbocycles. The van der Waals surface area contributed by atoms with Gasteiger partial charge in [-0.05, 0) is 54.7 Å². The average molecular weight is 318 g/mol. The highest BCUT2D eigenvalue weighted by atomic mass is 79.9. The summed E-state index contributed by atoms with van der Waals surface area (Å²) in [5.74, 6) is 0. The number of hydrogen-bond donors (Lipinski definition) is 1. The molecule has 1 aliphatic rings. The average Bonchev–Trinajstić information content (AvgIpc) is 2.87. The van der Waals surface area contributed by atoms with Crippen LogP contribution in [0.3, 0.4) is 0 Å². The third-order valence-corrected chi connectivity index (χ3v) is 4.94. The van der Waals surface area contributed by atoms with Crippen LogP contribution in [0.4, 0.5) is 0 Å². The van der Waals surface area contributed by atoms with E-state index in [4.69, 9.17) is 4.74 Å². The Labute approximate surface area is 116 Å². The molecule has 4 heteroatoms. The lowest BCUT2D eigenvalue weighted by molar-refractivity contribution is 0.0326. The summed E-state index contributed by atoms with van der Waals surface area (Å²) in [6, 6.07) is 2.67. The van der Waals surface area contributed by atoms with Crippen molar-refractivity contribution >= 4 is 27.3 Å². The van der Waals surface area contributed by atoms with E-state index in [0.717, 1.165) is 13.0 Å². The van der Waals surface area contributed by atoms with Crippen LogP contribution in [0.15, 0.2) is 15.9 Å². The Morgan fingerprint density at radius 1 is 1.59 bits per heavy atom. The molecule has 1 aliphatic heterocycles. The van der Waals surface area contributed by atoms with Gasteiger partial charge in [-0.25, -0.2) is 0 Å². The first kappa shape index (κ1) is 13.5. The van der Waals surface area contributed by atoms with E-state index in [0.29, 0.717) is 18.2 Å². The van der Waals surface area contributed by atoms with Crippen molar-refractivity contribution in [3.63, 3.8) is 0 Å². The van der Waals surface area contributed by atoms with Crippen molar-refractivity contribution in [3.8, 4) is 0 Å². The fraction of sp³-hybridized carbons (Fsp3) is 0.692. The van der Waals surface area contributed by atoms with Gasteiger partial charge in [-0.3, -0.25) is 0 Å². The Hall–Kier alpha value is 0.1000. The zero-order valence-corrected chi connectivity index (χ0v) is 12.8. The lowest BCUT2D eigenvalue weighted by atomic mass is 10.0. The minimum absolute atomic E-state index is 0.380. The first-order valence-corrected chi connectivity index (χ1v) is 7.98. The van der Waals surface area contributed by atoms with E-state index in [-0.39, 0.29) is 0 Å². The molecule has 2 rings (SSSR count). The number of halogens is 1. The second-order valence-corrected chi connectivity index (χ2v) is 6.57. The topological polar surface area (TPSA) is 21.3 Å². The minimum atomic E-state index is 0.380. The summed E-state index contributed by atoms with van der Waals surface area (Å²) in [6.45, 7) is 5.34. The molecule has 3 unspecified atom stereocenters. The summed E-state index contributed by atoms with van der Waals surface area (Å²) in [4.78, 5) is 1.42. The van der Waals surface area contributed by atoms with Crippen molar-refractivity contribution in [2.24, 2.45) is 0 Å². The fourth-order valence-corrected chi connectivity index (χ4v) is 3.92. The van der Waals surface area contributed by atoms with Gasteiger partial charge in [-0.2, -0.15) is 0 Å². The Kier molecular flexibility index (Phi) is 5.03. The number of ether oxygens (including phenoxy) is 1. The van der Waals surface area contributed by atoms with Crippen molar-refractivity contribution in [1.82, 2.24) is 5.32 Å². The minimum Gasteiger partial charge on any atom is -0.374 e. The highest BCUT2D eigenvalue weighted by Crippen LogP contribution is 2.26. The third-order valence-electron chi connectivity index (χ3n) is 3.22.